The average Bonchev–Trinajstić information content (AvgIpc) is 2.26. The number of hydrogen-bond donors (Lipinski definition) is 1. The Morgan fingerprint density at radius 2 is 2.33 bits per heavy atom. The molecule has 0 aliphatic rings. The largest absolute Gasteiger partial charge is 0.383 e. The van der Waals surface area contributed by atoms with Crippen LogP contribution in [-0.2, 0) is 4.74 Å². The molecule has 0 aliphatic carbocycles. The van der Waals surface area contributed by atoms with Crippen LogP contribution in [0, 0.1) is 5.82 Å². The summed E-state index contributed by atoms with van der Waals surface area (Å²) in [5, 5.41) is 2.76. The molecule has 0 aliphatic heterocycles. The molecule has 0 saturated heterocycles. The Morgan fingerprint density at radius 1 is 1.60 bits per heavy atom. The highest BCUT2D eigenvalue weighted by Crippen LogP contribution is 2.15. The molecule has 5 nitrogen and oxygen atoms in total. The second-order valence-corrected chi connectivity index (χ2v) is 3.03. The molecule has 0 atom stereocenters. The molecular formula is C9H15FN4O. The summed E-state index contributed by atoms with van der Waals surface area (Å²) >= 11 is 0. The molecule has 0 amide bonds. The number of anilines is 2. The lowest BCUT2D eigenvalue weighted by atomic mass is 10.4. The highest BCUT2D eigenvalue weighted by atomic mass is 19.1. The van der Waals surface area contributed by atoms with Gasteiger partial charge in [0.1, 0.15) is 0 Å². The van der Waals surface area contributed by atoms with Crippen molar-refractivity contribution >= 4 is 11.8 Å². The quantitative estimate of drug-likeness (QED) is 0.783. The maximum Gasteiger partial charge on any atom is 0.224 e. The van der Waals surface area contributed by atoms with E-state index in [2.05, 4.69) is 15.3 Å². The van der Waals surface area contributed by atoms with E-state index >= 15 is 0 Å². The topological polar surface area (TPSA) is 50.3 Å². The first kappa shape index (κ1) is 11.6. The third-order valence-corrected chi connectivity index (χ3v) is 1.94. The van der Waals surface area contributed by atoms with Gasteiger partial charge in [-0.3, -0.25) is 0 Å². The number of nitrogens with one attached hydrogen (secondary N) is 1. The minimum absolute atomic E-state index is 0.270. The summed E-state index contributed by atoms with van der Waals surface area (Å²) in [6.45, 7) is 1.10. The number of ether oxygens (including phenoxy) is 1. The predicted molar refractivity (Wildman–Crippen MR) is 56.7 cm³/mol. The molecule has 1 N–H and O–H groups in total. The Morgan fingerprint density at radius 3 is 2.93 bits per heavy atom. The van der Waals surface area contributed by atoms with Crippen molar-refractivity contribution in [1.82, 2.24) is 9.97 Å². The first-order valence-corrected chi connectivity index (χ1v) is 4.59. The number of rotatable bonds is 5. The maximum absolute atomic E-state index is 13.3. The van der Waals surface area contributed by atoms with Crippen LogP contribution >= 0.6 is 0 Å². The monoisotopic (exact) mass is 214 g/mol. The van der Waals surface area contributed by atoms with Gasteiger partial charge in [-0.25, -0.2) is 9.37 Å². The van der Waals surface area contributed by atoms with E-state index in [1.54, 1.807) is 26.1 Å². The van der Waals surface area contributed by atoms with Crippen LogP contribution in [0.15, 0.2) is 6.20 Å². The third kappa shape index (κ3) is 3.02. The number of methoxy groups -OCH3 is 1. The Hall–Kier alpha value is -1.43. The van der Waals surface area contributed by atoms with Crippen LogP contribution in [0.3, 0.4) is 0 Å². The van der Waals surface area contributed by atoms with Crippen LogP contribution in [0.1, 0.15) is 0 Å². The minimum atomic E-state index is -0.437. The highest BCUT2D eigenvalue weighted by molar-refractivity contribution is 5.42. The van der Waals surface area contributed by atoms with Gasteiger partial charge in [0.05, 0.1) is 12.8 Å². The number of hydrogen-bond acceptors (Lipinski definition) is 5. The van der Waals surface area contributed by atoms with Crippen molar-refractivity contribution in [2.75, 3.05) is 44.6 Å². The lowest BCUT2D eigenvalue weighted by Crippen LogP contribution is -2.24. The van der Waals surface area contributed by atoms with Crippen LogP contribution in [0.2, 0.25) is 0 Å². The summed E-state index contributed by atoms with van der Waals surface area (Å²) in [7, 11) is 5.04. The number of aromatic nitrogens is 2. The van der Waals surface area contributed by atoms with Crippen LogP contribution in [0.4, 0.5) is 16.2 Å². The van der Waals surface area contributed by atoms with E-state index in [-0.39, 0.29) is 5.82 Å². The average molecular weight is 214 g/mol. The van der Waals surface area contributed by atoms with Crippen LogP contribution in [0.25, 0.3) is 0 Å². The fourth-order valence-electron chi connectivity index (χ4n) is 1.08. The van der Waals surface area contributed by atoms with Crippen LogP contribution < -0.4 is 10.2 Å². The van der Waals surface area contributed by atoms with Crippen molar-refractivity contribution in [3.63, 3.8) is 0 Å². The first-order valence-electron chi connectivity index (χ1n) is 4.59. The molecule has 0 unspecified atom stereocenters. The van der Waals surface area contributed by atoms with Gasteiger partial charge in [0.15, 0.2) is 11.6 Å². The van der Waals surface area contributed by atoms with E-state index in [1.807, 2.05) is 0 Å². The molecule has 0 saturated carbocycles. The molecule has 84 valence electrons. The molecule has 1 aromatic rings. The van der Waals surface area contributed by atoms with E-state index in [0.29, 0.717) is 19.1 Å². The lowest BCUT2D eigenvalue weighted by Gasteiger charge is -2.18. The van der Waals surface area contributed by atoms with E-state index in [1.165, 1.54) is 0 Å². The van der Waals surface area contributed by atoms with Crippen molar-refractivity contribution < 1.29 is 9.13 Å². The molecule has 0 radical (unpaired) electrons. The molecule has 1 rings (SSSR count). The standard InChI is InChI=1S/C9H15FN4O/c1-11-9-12-6-7(10)8(13-9)14(2)4-5-15-3/h6H,4-5H2,1-3H3,(H,11,12,13). The van der Waals surface area contributed by atoms with E-state index in [9.17, 15) is 4.39 Å². The maximum atomic E-state index is 13.3. The zero-order valence-electron chi connectivity index (χ0n) is 9.12. The van der Waals surface area contributed by atoms with Crippen molar-refractivity contribution in [3.8, 4) is 0 Å². The SMILES string of the molecule is CNc1ncc(F)c(N(C)CCOC)n1. The summed E-state index contributed by atoms with van der Waals surface area (Å²) in [4.78, 5) is 9.46. The van der Waals surface area contributed by atoms with Gasteiger partial charge in [0.25, 0.3) is 0 Å². The van der Waals surface area contributed by atoms with Gasteiger partial charge in [-0.05, 0) is 0 Å². The van der Waals surface area contributed by atoms with Crippen molar-refractivity contribution in [1.29, 1.82) is 0 Å². The van der Waals surface area contributed by atoms with Crippen molar-refractivity contribution in [2.24, 2.45) is 0 Å². The Labute approximate surface area is 88.3 Å². The molecule has 15 heavy (non-hydrogen) atoms. The number of likely N-dealkylation sites (N-methyl/N-ethyl adjacent to an activating group) is 1. The minimum Gasteiger partial charge on any atom is -0.383 e. The fourth-order valence-corrected chi connectivity index (χ4v) is 1.08. The predicted octanol–water partition coefficient (Wildman–Crippen LogP) is 0.740. The lowest BCUT2D eigenvalue weighted by molar-refractivity contribution is 0.206. The molecular weight excluding hydrogens is 199 g/mol. The Kier molecular flexibility index (Phi) is 4.23. The summed E-state index contributed by atoms with van der Waals surface area (Å²) in [6, 6.07) is 0. The number of nitrogens with zero attached hydrogens (tertiary/aromatic N) is 3. The van der Waals surface area contributed by atoms with Gasteiger partial charge in [0.2, 0.25) is 5.95 Å². The summed E-state index contributed by atoms with van der Waals surface area (Å²) in [5.41, 5.74) is 0. The van der Waals surface area contributed by atoms with Crippen molar-refractivity contribution in [2.45, 2.75) is 0 Å². The first-order chi connectivity index (χ1) is 7.19. The Bertz CT molecular complexity index is 321. The molecule has 0 fully saturated rings. The molecule has 6 heteroatoms. The fraction of sp³-hybridized carbons (Fsp3) is 0.556. The van der Waals surface area contributed by atoms with Gasteiger partial charge in [-0.2, -0.15) is 4.98 Å². The smallest absolute Gasteiger partial charge is 0.224 e. The number of halogens is 1. The van der Waals surface area contributed by atoms with Gasteiger partial charge >= 0.3 is 0 Å². The summed E-state index contributed by atoms with van der Waals surface area (Å²) < 4.78 is 18.3. The molecule has 1 aromatic heterocycles. The van der Waals surface area contributed by atoms with Gasteiger partial charge in [0, 0.05) is 27.7 Å². The van der Waals surface area contributed by atoms with Crippen LogP contribution in [-0.4, -0.2) is 44.3 Å². The van der Waals surface area contributed by atoms with Gasteiger partial charge in [-0.15, -0.1) is 0 Å². The van der Waals surface area contributed by atoms with Crippen molar-refractivity contribution in [3.05, 3.63) is 12.0 Å². The molecule has 0 bridgehead atoms. The second kappa shape index (κ2) is 5.45. The van der Waals surface area contributed by atoms with E-state index in [0.717, 1.165) is 6.20 Å². The molecule has 1 heterocycles. The summed E-state index contributed by atoms with van der Waals surface area (Å²) in [6.07, 6.45) is 1.15. The summed E-state index contributed by atoms with van der Waals surface area (Å²) in [5.74, 6) is 0.231. The van der Waals surface area contributed by atoms with E-state index < -0.39 is 5.82 Å². The Balaban J connectivity index is 2.81. The van der Waals surface area contributed by atoms with Crippen LogP contribution in [0.5, 0.6) is 0 Å². The van der Waals surface area contributed by atoms with Gasteiger partial charge < -0.3 is 15.0 Å². The zero-order chi connectivity index (χ0) is 11.3. The highest BCUT2D eigenvalue weighted by Gasteiger charge is 2.10. The molecule has 0 spiro atoms. The second-order valence-electron chi connectivity index (χ2n) is 3.03. The normalized spacial score (nSPS) is 10.1. The molecule has 0 aromatic carbocycles. The third-order valence-electron chi connectivity index (χ3n) is 1.94. The van der Waals surface area contributed by atoms with E-state index in [4.69, 9.17) is 4.74 Å². The van der Waals surface area contributed by atoms with Gasteiger partial charge in [-0.1, -0.05) is 0 Å². The zero-order valence-corrected chi connectivity index (χ0v) is 9.12.